The summed E-state index contributed by atoms with van der Waals surface area (Å²) in [6, 6.07) is 9.39. The van der Waals surface area contributed by atoms with Gasteiger partial charge < -0.3 is 5.32 Å². The Morgan fingerprint density at radius 2 is 1.92 bits per heavy atom. The predicted octanol–water partition coefficient (Wildman–Crippen LogP) is 1.40. The normalized spacial score (nSPS) is 17.8. The summed E-state index contributed by atoms with van der Waals surface area (Å²) >= 11 is 0. The maximum atomic E-state index is 11.1. The molecule has 2 rings (SSSR count). The Balaban J connectivity index is 2.30. The highest BCUT2D eigenvalue weighted by Gasteiger charge is 2.11. The second-order valence-electron chi connectivity index (χ2n) is 2.64. The second-order valence-corrected chi connectivity index (χ2v) is 2.64. The van der Waals surface area contributed by atoms with Gasteiger partial charge in [0, 0.05) is 6.20 Å². The zero-order valence-electron chi connectivity index (χ0n) is 6.90. The lowest BCUT2D eigenvalue weighted by Crippen LogP contribution is -2.18. The Morgan fingerprint density at radius 1 is 1.15 bits per heavy atom. The summed E-state index contributed by atoms with van der Waals surface area (Å²) in [7, 11) is 0. The van der Waals surface area contributed by atoms with Gasteiger partial charge in [-0.3, -0.25) is 4.79 Å². The van der Waals surface area contributed by atoms with Gasteiger partial charge in [0.15, 0.2) is 0 Å². The maximum absolute atomic E-state index is 11.1. The van der Waals surface area contributed by atoms with Crippen molar-refractivity contribution in [2.24, 2.45) is 4.99 Å². The van der Waals surface area contributed by atoms with Gasteiger partial charge in [-0.05, 0) is 18.2 Å². The van der Waals surface area contributed by atoms with Gasteiger partial charge in [0.05, 0.1) is 5.69 Å². The van der Waals surface area contributed by atoms with Gasteiger partial charge >= 0.3 is 0 Å². The molecule has 0 aliphatic carbocycles. The van der Waals surface area contributed by atoms with E-state index in [9.17, 15) is 4.79 Å². The van der Waals surface area contributed by atoms with Crippen LogP contribution in [0.15, 0.2) is 47.6 Å². The van der Waals surface area contributed by atoms with Crippen LogP contribution >= 0.6 is 0 Å². The van der Waals surface area contributed by atoms with E-state index < -0.39 is 0 Å². The summed E-state index contributed by atoms with van der Waals surface area (Å²) in [5, 5.41) is 2.54. The smallest absolute Gasteiger partial charge is 0.273 e. The van der Waals surface area contributed by atoms with Gasteiger partial charge in [0.1, 0.15) is 5.71 Å². The van der Waals surface area contributed by atoms with Crippen molar-refractivity contribution in [1.29, 1.82) is 0 Å². The van der Waals surface area contributed by atoms with Crippen LogP contribution in [0.3, 0.4) is 0 Å². The SMILES string of the molecule is O=C1NC=CC1=Nc1ccccc1. The molecule has 13 heavy (non-hydrogen) atoms. The molecule has 64 valence electrons. The van der Waals surface area contributed by atoms with Crippen LogP contribution in [0.25, 0.3) is 0 Å². The largest absolute Gasteiger partial charge is 0.327 e. The molecule has 0 saturated heterocycles. The molecule has 1 aromatic rings. The van der Waals surface area contributed by atoms with E-state index in [1.54, 1.807) is 12.3 Å². The highest BCUT2D eigenvalue weighted by Crippen LogP contribution is 2.11. The second kappa shape index (κ2) is 3.23. The number of amides is 1. The van der Waals surface area contributed by atoms with E-state index in [1.807, 2.05) is 30.3 Å². The van der Waals surface area contributed by atoms with Crippen molar-refractivity contribution in [3.8, 4) is 0 Å². The molecule has 0 saturated carbocycles. The molecular formula is C10H8N2O. The number of carbonyl (C=O) groups is 1. The minimum Gasteiger partial charge on any atom is -0.327 e. The first-order chi connectivity index (χ1) is 6.36. The number of carbonyl (C=O) groups excluding carboxylic acids is 1. The number of aliphatic imine (C=N–C) groups is 1. The van der Waals surface area contributed by atoms with Crippen molar-refractivity contribution in [2.45, 2.75) is 0 Å². The standard InChI is InChI=1S/C10H8N2O/c13-10-9(6-7-11-10)12-8-4-2-1-3-5-8/h1-7H,(H,11,12,13). The lowest BCUT2D eigenvalue weighted by molar-refractivity contribution is -0.113. The topological polar surface area (TPSA) is 41.5 Å². The number of benzene rings is 1. The molecule has 1 N–H and O–H groups in total. The van der Waals surface area contributed by atoms with Crippen LogP contribution in [0.4, 0.5) is 5.69 Å². The molecule has 1 amide bonds. The molecule has 0 aromatic heterocycles. The molecule has 0 radical (unpaired) electrons. The quantitative estimate of drug-likeness (QED) is 0.683. The fourth-order valence-electron chi connectivity index (χ4n) is 1.08. The van der Waals surface area contributed by atoms with E-state index in [1.165, 1.54) is 0 Å². The van der Waals surface area contributed by atoms with Gasteiger partial charge in [-0.25, -0.2) is 4.99 Å². The summed E-state index contributed by atoms with van der Waals surface area (Å²) in [4.78, 5) is 15.2. The van der Waals surface area contributed by atoms with Crippen molar-refractivity contribution in [3.05, 3.63) is 42.6 Å². The van der Waals surface area contributed by atoms with Crippen LogP contribution in [0, 0.1) is 0 Å². The van der Waals surface area contributed by atoms with Crippen LogP contribution < -0.4 is 5.32 Å². The molecule has 1 aromatic carbocycles. The number of rotatable bonds is 1. The van der Waals surface area contributed by atoms with Gasteiger partial charge in [-0.2, -0.15) is 0 Å². The number of hydrogen-bond acceptors (Lipinski definition) is 2. The third-order valence-corrected chi connectivity index (χ3v) is 1.69. The molecule has 0 fully saturated rings. The summed E-state index contributed by atoms with van der Waals surface area (Å²) < 4.78 is 0. The number of nitrogens with zero attached hydrogens (tertiary/aromatic N) is 1. The van der Waals surface area contributed by atoms with Crippen molar-refractivity contribution >= 4 is 17.3 Å². The van der Waals surface area contributed by atoms with Crippen molar-refractivity contribution in [2.75, 3.05) is 0 Å². The summed E-state index contributed by atoms with van der Waals surface area (Å²) in [6.07, 6.45) is 3.25. The maximum Gasteiger partial charge on any atom is 0.273 e. The third-order valence-electron chi connectivity index (χ3n) is 1.69. The van der Waals surface area contributed by atoms with Crippen LogP contribution in [-0.2, 0) is 4.79 Å². The molecule has 0 atom stereocenters. The van der Waals surface area contributed by atoms with E-state index in [2.05, 4.69) is 10.3 Å². The number of para-hydroxylation sites is 1. The van der Waals surface area contributed by atoms with Crippen molar-refractivity contribution in [1.82, 2.24) is 5.32 Å². The zero-order valence-corrected chi connectivity index (χ0v) is 6.90. The highest BCUT2D eigenvalue weighted by atomic mass is 16.2. The molecule has 3 heteroatoms. The predicted molar refractivity (Wildman–Crippen MR) is 50.8 cm³/mol. The van der Waals surface area contributed by atoms with Crippen LogP contribution in [0.5, 0.6) is 0 Å². The first-order valence-electron chi connectivity index (χ1n) is 3.97. The average molecular weight is 172 g/mol. The summed E-state index contributed by atoms with van der Waals surface area (Å²) in [6.45, 7) is 0. The van der Waals surface area contributed by atoms with E-state index in [-0.39, 0.29) is 5.91 Å². The molecular weight excluding hydrogens is 164 g/mol. The molecule has 1 aliphatic rings. The first kappa shape index (κ1) is 7.73. The minimum atomic E-state index is -0.149. The zero-order chi connectivity index (χ0) is 9.10. The van der Waals surface area contributed by atoms with E-state index in [4.69, 9.17) is 0 Å². The van der Waals surface area contributed by atoms with Crippen molar-refractivity contribution in [3.63, 3.8) is 0 Å². The Labute approximate surface area is 75.8 Å². The minimum absolute atomic E-state index is 0.149. The van der Waals surface area contributed by atoms with Gasteiger partial charge in [0.25, 0.3) is 5.91 Å². The van der Waals surface area contributed by atoms with Crippen molar-refractivity contribution < 1.29 is 4.79 Å². The number of hydrogen-bond donors (Lipinski definition) is 1. The molecule has 1 aliphatic heterocycles. The van der Waals surface area contributed by atoms with E-state index in [0.29, 0.717) is 5.71 Å². The molecule has 1 heterocycles. The van der Waals surface area contributed by atoms with E-state index >= 15 is 0 Å². The fourth-order valence-corrected chi connectivity index (χ4v) is 1.08. The lowest BCUT2D eigenvalue weighted by Gasteiger charge is -1.93. The Hall–Kier alpha value is -1.90. The molecule has 0 unspecified atom stereocenters. The van der Waals surface area contributed by atoms with Gasteiger partial charge in [-0.1, -0.05) is 18.2 Å². The number of nitrogens with one attached hydrogen (secondary N) is 1. The Morgan fingerprint density at radius 3 is 2.54 bits per heavy atom. The van der Waals surface area contributed by atoms with Crippen LogP contribution in [-0.4, -0.2) is 11.6 Å². The summed E-state index contributed by atoms with van der Waals surface area (Å²) in [5.74, 6) is -0.149. The molecule has 3 nitrogen and oxygen atoms in total. The van der Waals surface area contributed by atoms with E-state index in [0.717, 1.165) is 5.69 Å². The van der Waals surface area contributed by atoms with Gasteiger partial charge in [-0.15, -0.1) is 0 Å². The molecule has 0 bridgehead atoms. The lowest BCUT2D eigenvalue weighted by atomic mass is 10.3. The third kappa shape index (κ3) is 1.64. The van der Waals surface area contributed by atoms with Crippen LogP contribution in [0.1, 0.15) is 0 Å². The highest BCUT2D eigenvalue weighted by molar-refractivity contribution is 6.45. The Kier molecular flexibility index (Phi) is 1.92. The summed E-state index contributed by atoms with van der Waals surface area (Å²) in [5.41, 5.74) is 1.24. The first-order valence-corrected chi connectivity index (χ1v) is 3.97. The fraction of sp³-hybridized carbons (Fsp3) is 0. The molecule has 0 spiro atoms. The monoisotopic (exact) mass is 172 g/mol. The van der Waals surface area contributed by atoms with Crippen LogP contribution in [0.2, 0.25) is 0 Å². The Bertz CT molecular complexity index is 379. The average Bonchev–Trinajstić information content (AvgIpc) is 2.54. The van der Waals surface area contributed by atoms with Gasteiger partial charge in [0.2, 0.25) is 0 Å².